The van der Waals surface area contributed by atoms with Gasteiger partial charge in [-0.15, -0.1) is 0 Å². The average molecular weight is 490 g/mol. The predicted octanol–water partition coefficient (Wildman–Crippen LogP) is 5.36. The van der Waals surface area contributed by atoms with E-state index in [2.05, 4.69) is 48.8 Å². The molecule has 2 fully saturated rings. The lowest BCUT2D eigenvalue weighted by molar-refractivity contribution is 0.148. The number of nitrogens with one attached hydrogen (secondary N) is 1. The van der Waals surface area contributed by atoms with Gasteiger partial charge in [-0.05, 0) is 48.9 Å². The molecule has 4 heterocycles. The third kappa shape index (κ3) is 4.36. The van der Waals surface area contributed by atoms with Crippen molar-refractivity contribution in [3.05, 3.63) is 53.3 Å². The zero-order valence-electron chi connectivity index (χ0n) is 20.3. The van der Waals surface area contributed by atoms with Gasteiger partial charge in [-0.1, -0.05) is 37.8 Å². The standard InChI is InChI=1S/C27H32ClN7/c1-18(14-23-25-27(32-16-30-23)33-17-31-25)21-15-22(28)20-8-5-9-29-24(20)26(21)35-12-10-34(11-13-35)19-6-3-2-4-7-19/h5,8-9,15-19H,2-4,6-7,10-14H2,1H3,(H,30,31,32,33). The van der Waals surface area contributed by atoms with Crippen molar-refractivity contribution in [3.8, 4) is 0 Å². The highest BCUT2D eigenvalue weighted by molar-refractivity contribution is 6.36. The molecule has 1 aliphatic heterocycles. The summed E-state index contributed by atoms with van der Waals surface area (Å²) in [4.78, 5) is 26.5. The van der Waals surface area contributed by atoms with Gasteiger partial charge in [-0.25, -0.2) is 15.0 Å². The van der Waals surface area contributed by atoms with Gasteiger partial charge in [0.2, 0.25) is 0 Å². The first-order valence-electron chi connectivity index (χ1n) is 12.9. The first kappa shape index (κ1) is 22.7. The number of aromatic nitrogens is 5. The van der Waals surface area contributed by atoms with E-state index in [0.29, 0.717) is 5.65 Å². The number of imidazole rings is 1. The molecule has 0 radical (unpaired) electrons. The summed E-state index contributed by atoms with van der Waals surface area (Å²) < 4.78 is 0. The predicted molar refractivity (Wildman–Crippen MR) is 141 cm³/mol. The molecule has 0 spiro atoms. The Morgan fingerprint density at radius 1 is 1.06 bits per heavy atom. The van der Waals surface area contributed by atoms with Crippen molar-refractivity contribution in [1.82, 2.24) is 29.8 Å². The summed E-state index contributed by atoms with van der Waals surface area (Å²) in [6.45, 7) is 6.50. The summed E-state index contributed by atoms with van der Waals surface area (Å²) in [6.07, 6.45) is 12.8. The number of pyridine rings is 1. The molecule has 0 amide bonds. The van der Waals surface area contributed by atoms with Crippen LogP contribution >= 0.6 is 11.6 Å². The fourth-order valence-corrected chi connectivity index (χ4v) is 6.31. The summed E-state index contributed by atoms with van der Waals surface area (Å²) in [5.74, 6) is 0.201. The minimum atomic E-state index is 0.201. The van der Waals surface area contributed by atoms with E-state index >= 15 is 0 Å². The Balaban J connectivity index is 1.34. The van der Waals surface area contributed by atoms with Crippen molar-refractivity contribution >= 4 is 39.4 Å². The van der Waals surface area contributed by atoms with Crippen molar-refractivity contribution in [1.29, 1.82) is 0 Å². The van der Waals surface area contributed by atoms with Crippen LogP contribution in [0.1, 0.15) is 56.2 Å². The maximum Gasteiger partial charge on any atom is 0.180 e. The minimum absolute atomic E-state index is 0.201. The first-order chi connectivity index (χ1) is 17.2. The second kappa shape index (κ2) is 9.70. The first-order valence-corrected chi connectivity index (χ1v) is 13.3. The Morgan fingerprint density at radius 2 is 1.89 bits per heavy atom. The van der Waals surface area contributed by atoms with E-state index in [1.807, 2.05) is 12.3 Å². The van der Waals surface area contributed by atoms with E-state index in [-0.39, 0.29) is 5.92 Å². The normalized spacial score (nSPS) is 19.0. The molecular formula is C27H32ClN7. The molecule has 182 valence electrons. The molecule has 4 aromatic rings. The molecule has 1 saturated heterocycles. The van der Waals surface area contributed by atoms with Crippen LogP contribution in [0.15, 0.2) is 37.1 Å². The Kier molecular flexibility index (Phi) is 6.29. The molecule has 8 heteroatoms. The van der Waals surface area contributed by atoms with Crippen LogP contribution in [0.3, 0.4) is 0 Å². The monoisotopic (exact) mass is 489 g/mol. The number of rotatable bonds is 5. The molecular weight excluding hydrogens is 458 g/mol. The maximum absolute atomic E-state index is 6.81. The summed E-state index contributed by atoms with van der Waals surface area (Å²) >= 11 is 6.81. The minimum Gasteiger partial charge on any atom is -0.367 e. The van der Waals surface area contributed by atoms with Crippen molar-refractivity contribution < 1.29 is 0 Å². The molecule has 1 unspecified atom stereocenters. The molecule has 2 aliphatic rings. The van der Waals surface area contributed by atoms with Crippen LogP contribution in [0.2, 0.25) is 5.02 Å². The number of halogens is 1. The van der Waals surface area contributed by atoms with Crippen LogP contribution in [0.5, 0.6) is 0 Å². The van der Waals surface area contributed by atoms with Crippen LogP contribution in [-0.2, 0) is 6.42 Å². The number of aromatic amines is 1. The fraction of sp³-hybridized carbons (Fsp3) is 0.481. The largest absolute Gasteiger partial charge is 0.367 e. The van der Waals surface area contributed by atoms with Gasteiger partial charge in [0.15, 0.2) is 5.65 Å². The van der Waals surface area contributed by atoms with Crippen LogP contribution < -0.4 is 4.90 Å². The molecule has 1 N–H and O–H groups in total. The Morgan fingerprint density at radius 3 is 2.71 bits per heavy atom. The molecule has 1 aromatic carbocycles. The number of nitrogens with zero attached hydrogens (tertiary/aromatic N) is 6. The zero-order chi connectivity index (χ0) is 23.8. The average Bonchev–Trinajstić information content (AvgIpc) is 3.39. The van der Waals surface area contributed by atoms with Gasteiger partial charge in [-0.2, -0.15) is 0 Å². The maximum atomic E-state index is 6.81. The highest BCUT2D eigenvalue weighted by Crippen LogP contribution is 2.40. The second-order valence-electron chi connectivity index (χ2n) is 10.0. The van der Waals surface area contributed by atoms with E-state index < -0.39 is 0 Å². The fourth-order valence-electron chi connectivity index (χ4n) is 6.04. The summed E-state index contributed by atoms with van der Waals surface area (Å²) in [6, 6.07) is 6.97. The van der Waals surface area contributed by atoms with Gasteiger partial charge in [0.1, 0.15) is 11.8 Å². The van der Waals surface area contributed by atoms with E-state index in [0.717, 1.165) is 65.8 Å². The lowest BCUT2D eigenvalue weighted by Crippen LogP contribution is -2.51. The third-order valence-corrected chi connectivity index (χ3v) is 8.21. The Labute approximate surface area is 210 Å². The van der Waals surface area contributed by atoms with Gasteiger partial charge in [-0.3, -0.25) is 9.88 Å². The van der Waals surface area contributed by atoms with Gasteiger partial charge >= 0.3 is 0 Å². The number of benzene rings is 1. The third-order valence-electron chi connectivity index (χ3n) is 7.90. The summed E-state index contributed by atoms with van der Waals surface area (Å²) in [5, 5.41) is 1.78. The van der Waals surface area contributed by atoms with Gasteiger partial charge in [0.25, 0.3) is 0 Å². The quantitative estimate of drug-likeness (QED) is 0.407. The molecule has 3 aromatic heterocycles. The van der Waals surface area contributed by atoms with Gasteiger partial charge in [0, 0.05) is 43.8 Å². The summed E-state index contributed by atoms with van der Waals surface area (Å²) in [7, 11) is 0. The van der Waals surface area contributed by atoms with Crippen molar-refractivity contribution in [2.45, 2.75) is 57.4 Å². The Hall–Kier alpha value is -2.77. The number of H-pyrrole nitrogens is 1. The SMILES string of the molecule is CC(Cc1ncnc2nc[nH]c12)c1cc(Cl)c2cccnc2c1N1CCN(C2CCCCC2)CC1. The molecule has 7 nitrogen and oxygen atoms in total. The number of hydrogen-bond donors (Lipinski definition) is 1. The highest BCUT2D eigenvalue weighted by atomic mass is 35.5. The lowest BCUT2D eigenvalue weighted by Gasteiger charge is -2.42. The van der Waals surface area contributed by atoms with Gasteiger partial charge < -0.3 is 9.88 Å². The van der Waals surface area contributed by atoms with Crippen LogP contribution in [0, 0.1) is 0 Å². The van der Waals surface area contributed by atoms with Crippen molar-refractivity contribution in [2.75, 3.05) is 31.1 Å². The number of hydrogen-bond acceptors (Lipinski definition) is 6. The van der Waals surface area contributed by atoms with E-state index in [4.69, 9.17) is 16.6 Å². The number of fused-ring (bicyclic) bond motifs is 2. The number of piperazine rings is 1. The van der Waals surface area contributed by atoms with E-state index in [9.17, 15) is 0 Å². The molecule has 1 saturated carbocycles. The van der Waals surface area contributed by atoms with E-state index in [1.54, 1.807) is 12.7 Å². The zero-order valence-corrected chi connectivity index (χ0v) is 21.0. The molecule has 6 rings (SSSR count). The molecule has 1 aliphatic carbocycles. The van der Waals surface area contributed by atoms with Crippen molar-refractivity contribution in [2.24, 2.45) is 0 Å². The van der Waals surface area contributed by atoms with Gasteiger partial charge in [0.05, 0.1) is 28.2 Å². The molecule has 35 heavy (non-hydrogen) atoms. The molecule has 0 bridgehead atoms. The van der Waals surface area contributed by atoms with E-state index in [1.165, 1.54) is 43.4 Å². The molecule has 1 atom stereocenters. The van der Waals surface area contributed by atoms with Crippen LogP contribution in [0.25, 0.3) is 22.1 Å². The smallest absolute Gasteiger partial charge is 0.180 e. The summed E-state index contributed by atoms with van der Waals surface area (Å²) in [5.41, 5.74) is 6.06. The highest BCUT2D eigenvalue weighted by Gasteiger charge is 2.29. The van der Waals surface area contributed by atoms with Crippen LogP contribution in [-0.4, -0.2) is 62.0 Å². The van der Waals surface area contributed by atoms with Crippen molar-refractivity contribution in [3.63, 3.8) is 0 Å². The number of anilines is 1. The topological polar surface area (TPSA) is 73.8 Å². The van der Waals surface area contributed by atoms with Crippen LogP contribution in [0.4, 0.5) is 5.69 Å². The second-order valence-corrected chi connectivity index (χ2v) is 10.4. The lowest BCUT2D eigenvalue weighted by atomic mass is 9.91. The Bertz CT molecular complexity index is 1320.